The van der Waals surface area contributed by atoms with Crippen molar-refractivity contribution in [1.82, 2.24) is 0 Å². The summed E-state index contributed by atoms with van der Waals surface area (Å²) in [4.78, 5) is 10.1. The van der Waals surface area contributed by atoms with Crippen LogP contribution >= 0.6 is 0 Å². The van der Waals surface area contributed by atoms with Crippen LogP contribution < -0.4 is 16.4 Å². The van der Waals surface area contributed by atoms with E-state index in [-0.39, 0.29) is 0 Å². The van der Waals surface area contributed by atoms with Gasteiger partial charge in [0.05, 0.1) is 11.4 Å². The molecule has 0 aliphatic carbocycles. The van der Waals surface area contributed by atoms with Crippen molar-refractivity contribution in [2.45, 2.75) is 0 Å². The number of hydrogen-bond acceptors (Lipinski definition) is 3. The second kappa shape index (κ2) is 3.61. The van der Waals surface area contributed by atoms with Crippen LogP contribution in [0.4, 0.5) is 17.1 Å². The molecule has 1 aromatic rings. The lowest BCUT2D eigenvalue weighted by Gasteiger charge is -2.06. The highest BCUT2D eigenvalue weighted by Gasteiger charge is 1.96. The quantitative estimate of drug-likeness (QED) is 0.460. The minimum atomic E-state index is 0.615. The van der Waals surface area contributed by atoms with Crippen LogP contribution in [0, 0.1) is 0 Å². The van der Waals surface area contributed by atoms with Crippen LogP contribution in [-0.2, 0) is 4.79 Å². The van der Waals surface area contributed by atoms with Crippen LogP contribution in [0.25, 0.3) is 0 Å². The van der Waals surface area contributed by atoms with Gasteiger partial charge < -0.3 is 16.4 Å². The van der Waals surface area contributed by atoms with Crippen molar-refractivity contribution in [1.29, 1.82) is 0 Å². The van der Waals surface area contributed by atoms with Crippen LogP contribution in [0.1, 0.15) is 0 Å². The fraction of sp³-hybridized carbons (Fsp3) is 0.125. The highest BCUT2D eigenvalue weighted by Crippen LogP contribution is 2.21. The topological polar surface area (TPSA) is 67.1 Å². The molecular weight excluding hydrogens is 154 g/mol. The summed E-state index contributed by atoms with van der Waals surface area (Å²) >= 11 is 0. The molecule has 0 aliphatic rings. The molecule has 1 rings (SSSR count). The van der Waals surface area contributed by atoms with E-state index in [1.165, 1.54) is 0 Å². The van der Waals surface area contributed by atoms with E-state index >= 15 is 0 Å². The Balaban J connectivity index is 2.93. The number of carbonyl (C=O) groups excluding carboxylic acids is 1. The molecule has 1 amide bonds. The van der Waals surface area contributed by atoms with E-state index in [0.717, 1.165) is 5.69 Å². The molecule has 0 unspecified atom stereocenters. The molecule has 0 saturated heterocycles. The van der Waals surface area contributed by atoms with Gasteiger partial charge in [-0.2, -0.15) is 0 Å². The second-order valence-corrected chi connectivity index (χ2v) is 2.31. The highest BCUT2D eigenvalue weighted by molar-refractivity contribution is 5.77. The Morgan fingerprint density at radius 2 is 2.25 bits per heavy atom. The summed E-state index contributed by atoms with van der Waals surface area (Å²) in [6.45, 7) is 0. The predicted molar refractivity (Wildman–Crippen MR) is 50.1 cm³/mol. The third-order valence-electron chi connectivity index (χ3n) is 1.55. The monoisotopic (exact) mass is 165 g/mol. The minimum absolute atomic E-state index is 0.615. The lowest BCUT2D eigenvalue weighted by Crippen LogP contribution is -1.98. The van der Waals surface area contributed by atoms with Crippen molar-refractivity contribution in [2.24, 2.45) is 0 Å². The number of hydrogen-bond donors (Lipinski definition) is 3. The SMILES string of the molecule is CNc1ccc(NC=O)cc1N. The molecule has 4 nitrogen and oxygen atoms in total. The molecule has 0 aromatic heterocycles. The normalized spacial score (nSPS) is 9.08. The Morgan fingerprint density at radius 1 is 1.50 bits per heavy atom. The first kappa shape index (κ1) is 8.39. The van der Waals surface area contributed by atoms with E-state index in [1.54, 1.807) is 25.2 Å². The zero-order valence-electron chi connectivity index (χ0n) is 6.79. The summed E-state index contributed by atoms with van der Waals surface area (Å²) in [5.74, 6) is 0. The number of carbonyl (C=O) groups is 1. The van der Waals surface area contributed by atoms with Gasteiger partial charge in [0.1, 0.15) is 0 Å². The van der Waals surface area contributed by atoms with E-state index < -0.39 is 0 Å². The molecule has 0 fully saturated rings. The van der Waals surface area contributed by atoms with Crippen molar-refractivity contribution in [3.63, 3.8) is 0 Å². The van der Waals surface area contributed by atoms with E-state index in [9.17, 15) is 4.79 Å². The molecule has 12 heavy (non-hydrogen) atoms. The summed E-state index contributed by atoms with van der Waals surface area (Å²) in [5.41, 5.74) is 7.81. The Hall–Kier alpha value is -1.71. The molecule has 1 aromatic carbocycles. The van der Waals surface area contributed by atoms with Gasteiger partial charge in [0.2, 0.25) is 6.41 Å². The van der Waals surface area contributed by atoms with Crippen LogP contribution in [0.15, 0.2) is 18.2 Å². The van der Waals surface area contributed by atoms with Gasteiger partial charge in [-0.3, -0.25) is 4.79 Å². The molecule has 4 heteroatoms. The Bertz CT molecular complexity index is 286. The van der Waals surface area contributed by atoms with Gasteiger partial charge in [-0.1, -0.05) is 0 Å². The van der Waals surface area contributed by atoms with Crippen LogP contribution in [0.2, 0.25) is 0 Å². The van der Waals surface area contributed by atoms with Crippen molar-refractivity contribution in [3.8, 4) is 0 Å². The fourth-order valence-corrected chi connectivity index (χ4v) is 0.948. The number of benzene rings is 1. The summed E-state index contributed by atoms with van der Waals surface area (Å²) in [6, 6.07) is 5.28. The molecular formula is C8H11N3O. The summed E-state index contributed by atoms with van der Waals surface area (Å²) in [7, 11) is 1.79. The first-order valence-corrected chi connectivity index (χ1v) is 3.55. The Kier molecular flexibility index (Phi) is 2.53. The lowest BCUT2D eigenvalue weighted by molar-refractivity contribution is -0.105. The van der Waals surface area contributed by atoms with Gasteiger partial charge in [0.15, 0.2) is 0 Å². The van der Waals surface area contributed by atoms with Gasteiger partial charge in [0, 0.05) is 12.7 Å². The van der Waals surface area contributed by atoms with Gasteiger partial charge in [-0.25, -0.2) is 0 Å². The number of nitrogen functional groups attached to an aromatic ring is 1. The Morgan fingerprint density at radius 3 is 2.75 bits per heavy atom. The van der Waals surface area contributed by atoms with Gasteiger partial charge in [0.25, 0.3) is 0 Å². The molecule has 64 valence electrons. The largest absolute Gasteiger partial charge is 0.397 e. The second-order valence-electron chi connectivity index (χ2n) is 2.31. The molecule has 0 bridgehead atoms. The fourth-order valence-electron chi connectivity index (χ4n) is 0.948. The van der Waals surface area contributed by atoms with Crippen molar-refractivity contribution >= 4 is 23.5 Å². The highest BCUT2D eigenvalue weighted by atomic mass is 16.1. The molecule has 0 atom stereocenters. The van der Waals surface area contributed by atoms with E-state index in [1.807, 2.05) is 0 Å². The molecule has 0 saturated carbocycles. The minimum Gasteiger partial charge on any atom is -0.397 e. The van der Waals surface area contributed by atoms with E-state index in [0.29, 0.717) is 17.8 Å². The number of nitrogens with two attached hydrogens (primary N) is 1. The van der Waals surface area contributed by atoms with Crippen LogP contribution in [0.3, 0.4) is 0 Å². The number of nitrogens with one attached hydrogen (secondary N) is 2. The standard InChI is InChI=1S/C8H11N3O/c1-10-8-3-2-6(11-5-12)4-7(8)9/h2-5,10H,9H2,1H3,(H,11,12). The average Bonchev–Trinajstić information content (AvgIpc) is 2.05. The smallest absolute Gasteiger partial charge is 0.211 e. The molecule has 0 radical (unpaired) electrons. The average molecular weight is 165 g/mol. The number of anilines is 3. The molecule has 0 spiro atoms. The Labute approximate surface area is 70.8 Å². The lowest BCUT2D eigenvalue weighted by atomic mass is 10.2. The van der Waals surface area contributed by atoms with Crippen molar-refractivity contribution < 1.29 is 4.79 Å². The van der Waals surface area contributed by atoms with Crippen molar-refractivity contribution in [3.05, 3.63) is 18.2 Å². The first-order chi connectivity index (χ1) is 5.77. The van der Waals surface area contributed by atoms with Gasteiger partial charge in [-0.05, 0) is 18.2 Å². The first-order valence-electron chi connectivity index (χ1n) is 3.55. The summed E-state index contributed by atoms with van der Waals surface area (Å²) in [5, 5.41) is 5.43. The maximum atomic E-state index is 10.1. The van der Waals surface area contributed by atoms with Gasteiger partial charge in [-0.15, -0.1) is 0 Å². The number of amides is 1. The molecule has 4 N–H and O–H groups in total. The predicted octanol–water partition coefficient (Wildman–Crippen LogP) is 0.879. The van der Waals surface area contributed by atoms with Crippen LogP contribution in [0.5, 0.6) is 0 Å². The van der Waals surface area contributed by atoms with E-state index in [4.69, 9.17) is 5.73 Å². The zero-order valence-corrected chi connectivity index (χ0v) is 6.79. The number of rotatable bonds is 3. The maximum Gasteiger partial charge on any atom is 0.211 e. The third kappa shape index (κ3) is 1.66. The maximum absolute atomic E-state index is 10.1. The molecule has 0 aliphatic heterocycles. The zero-order chi connectivity index (χ0) is 8.97. The third-order valence-corrected chi connectivity index (χ3v) is 1.55. The van der Waals surface area contributed by atoms with Crippen LogP contribution in [-0.4, -0.2) is 13.5 Å². The molecule has 0 heterocycles. The summed E-state index contributed by atoms with van der Waals surface area (Å²) < 4.78 is 0. The van der Waals surface area contributed by atoms with Crippen molar-refractivity contribution in [2.75, 3.05) is 23.4 Å². The van der Waals surface area contributed by atoms with E-state index in [2.05, 4.69) is 10.6 Å². The van der Waals surface area contributed by atoms with Gasteiger partial charge >= 0.3 is 0 Å². The summed E-state index contributed by atoms with van der Waals surface area (Å²) in [6.07, 6.45) is 0.619.